The molecule has 1 aromatic rings. The van der Waals surface area contributed by atoms with Gasteiger partial charge in [0, 0.05) is 5.56 Å². The summed E-state index contributed by atoms with van der Waals surface area (Å²) in [6.07, 6.45) is -2.74. The number of pyridine rings is 1. The van der Waals surface area contributed by atoms with E-state index in [2.05, 4.69) is 20.9 Å². The van der Waals surface area contributed by atoms with Gasteiger partial charge in [0.1, 0.15) is 10.3 Å². The van der Waals surface area contributed by atoms with Crippen LogP contribution < -0.4 is 0 Å². The average molecular weight is 272 g/mol. The fourth-order valence-electron chi connectivity index (χ4n) is 0.866. The number of aliphatic hydroxyl groups excluding tert-OH is 1. The molecule has 0 radical (unpaired) electrons. The van der Waals surface area contributed by atoms with Crippen molar-refractivity contribution in [2.24, 2.45) is 0 Å². The Kier molecular flexibility index (Phi) is 3.58. The Labute approximate surface area is 86.7 Å². The van der Waals surface area contributed by atoms with E-state index in [0.29, 0.717) is 0 Å². The highest BCUT2D eigenvalue weighted by atomic mass is 79.9. The van der Waals surface area contributed by atoms with Gasteiger partial charge in [-0.3, -0.25) is 0 Å². The van der Waals surface area contributed by atoms with Gasteiger partial charge in [-0.25, -0.2) is 13.8 Å². The minimum Gasteiger partial charge on any atom is -0.392 e. The predicted octanol–water partition coefficient (Wildman–Crippen LogP) is 2.93. The molecule has 0 atom stereocenters. The maximum absolute atomic E-state index is 12.3. The van der Waals surface area contributed by atoms with Crippen molar-refractivity contribution in [1.82, 2.24) is 4.98 Å². The van der Waals surface area contributed by atoms with Gasteiger partial charge < -0.3 is 5.11 Å². The molecular weight excluding hydrogens is 267 g/mol. The number of rotatable bonds is 2. The first kappa shape index (κ1) is 10.8. The zero-order valence-electron chi connectivity index (χ0n) is 6.27. The van der Waals surface area contributed by atoms with Crippen LogP contribution in [0.4, 0.5) is 8.78 Å². The molecule has 0 saturated carbocycles. The molecule has 0 fully saturated rings. The molecule has 2 nitrogen and oxygen atoms in total. The lowest BCUT2D eigenvalue weighted by Crippen LogP contribution is -2.00. The molecule has 1 aromatic heterocycles. The maximum atomic E-state index is 12.3. The minimum atomic E-state index is -2.74. The maximum Gasteiger partial charge on any atom is 0.280 e. The van der Waals surface area contributed by atoms with E-state index in [0.717, 1.165) is 0 Å². The zero-order valence-corrected chi connectivity index (χ0v) is 8.61. The second-order valence-electron chi connectivity index (χ2n) is 2.25. The molecule has 0 aromatic carbocycles. The van der Waals surface area contributed by atoms with Crippen LogP contribution in [0.15, 0.2) is 10.7 Å². The van der Waals surface area contributed by atoms with E-state index < -0.39 is 18.7 Å². The lowest BCUT2D eigenvalue weighted by Gasteiger charge is -2.07. The average Bonchev–Trinajstić information content (AvgIpc) is 2.02. The first-order valence-electron chi connectivity index (χ1n) is 3.30. The molecule has 1 rings (SSSR count). The number of halogens is 4. The third kappa shape index (κ3) is 2.36. The molecule has 0 aliphatic heterocycles. The zero-order chi connectivity index (χ0) is 10.0. The molecule has 0 amide bonds. The molecule has 6 heteroatoms. The number of hydrogen-bond acceptors (Lipinski definition) is 2. The summed E-state index contributed by atoms with van der Waals surface area (Å²) in [4.78, 5) is 3.53. The largest absolute Gasteiger partial charge is 0.392 e. The highest BCUT2D eigenvalue weighted by molar-refractivity contribution is 9.10. The van der Waals surface area contributed by atoms with E-state index in [1.807, 2.05) is 0 Å². The topological polar surface area (TPSA) is 33.1 Å². The van der Waals surface area contributed by atoms with Crippen LogP contribution in [0, 0.1) is 0 Å². The summed E-state index contributed by atoms with van der Waals surface area (Å²) < 4.78 is 24.9. The van der Waals surface area contributed by atoms with Gasteiger partial charge in [0.15, 0.2) is 0 Å². The van der Waals surface area contributed by atoms with Crippen molar-refractivity contribution in [2.45, 2.75) is 13.0 Å². The van der Waals surface area contributed by atoms with Gasteiger partial charge >= 0.3 is 0 Å². The molecule has 0 unspecified atom stereocenters. The molecule has 72 valence electrons. The number of hydrogen-bond donors (Lipinski definition) is 1. The lowest BCUT2D eigenvalue weighted by molar-refractivity contribution is 0.141. The summed E-state index contributed by atoms with van der Waals surface area (Å²) in [5.74, 6) is 0. The van der Waals surface area contributed by atoms with Crippen LogP contribution in [-0.4, -0.2) is 10.1 Å². The van der Waals surface area contributed by atoms with Gasteiger partial charge in [0.25, 0.3) is 6.43 Å². The lowest BCUT2D eigenvalue weighted by atomic mass is 10.2. The molecule has 0 aliphatic rings. The fraction of sp³-hybridized carbons (Fsp3) is 0.286. The molecule has 1 heterocycles. The highest BCUT2D eigenvalue weighted by Gasteiger charge is 2.17. The van der Waals surface area contributed by atoms with Crippen LogP contribution >= 0.6 is 27.5 Å². The second-order valence-corrected chi connectivity index (χ2v) is 3.47. The summed E-state index contributed by atoms with van der Waals surface area (Å²) in [6.45, 7) is -0.543. The van der Waals surface area contributed by atoms with E-state index in [1.165, 1.54) is 6.07 Å². The van der Waals surface area contributed by atoms with Crippen LogP contribution in [0.5, 0.6) is 0 Å². The number of aliphatic hydroxyl groups is 1. The van der Waals surface area contributed by atoms with E-state index in [4.69, 9.17) is 16.7 Å². The molecule has 1 N–H and O–H groups in total. The quantitative estimate of drug-likeness (QED) is 0.840. The first-order chi connectivity index (χ1) is 6.06. The fourth-order valence-corrected chi connectivity index (χ4v) is 1.68. The van der Waals surface area contributed by atoms with Gasteiger partial charge in [-0.05, 0) is 22.0 Å². The van der Waals surface area contributed by atoms with Crippen molar-refractivity contribution in [3.63, 3.8) is 0 Å². The molecule has 0 saturated heterocycles. The van der Waals surface area contributed by atoms with E-state index in [-0.39, 0.29) is 15.2 Å². The molecule has 0 spiro atoms. The van der Waals surface area contributed by atoms with Crippen molar-refractivity contribution >= 4 is 27.5 Å². The Hall–Kier alpha value is -0.260. The Morgan fingerprint density at radius 2 is 2.23 bits per heavy atom. The smallest absolute Gasteiger partial charge is 0.280 e. The van der Waals surface area contributed by atoms with Crippen LogP contribution in [-0.2, 0) is 6.61 Å². The number of alkyl halides is 2. The summed E-state index contributed by atoms with van der Waals surface area (Å²) in [5, 5.41) is 8.85. The summed E-state index contributed by atoms with van der Waals surface area (Å²) in [6, 6.07) is 1.36. The third-order valence-electron chi connectivity index (χ3n) is 1.44. The Balaban J connectivity index is 3.29. The molecule has 0 aliphatic carbocycles. The first-order valence-corrected chi connectivity index (χ1v) is 4.47. The summed E-state index contributed by atoms with van der Waals surface area (Å²) in [7, 11) is 0. The van der Waals surface area contributed by atoms with Gasteiger partial charge in [-0.1, -0.05) is 11.6 Å². The van der Waals surface area contributed by atoms with E-state index >= 15 is 0 Å². The standard InChI is InChI=1S/C7H5BrClF2NO/c8-5-1-4(9)3(2-13)6(12-5)7(10)11/h1,7,13H,2H2. The van der Waals surface area contributed by atoms with Crippen molar-refractivity contribution < 1.29 is 13.9 Å². The van der Waals surface area contributed by atoms with Gasteiger partial charge in [-0.2, -0.15) is 0 Å². The van der Waals surface area contributed by atoms with Crippen LogP contribution in [0.3, 0.4) is 0 Å². The van der Waals surface area contributed by atoms with E-state index in [1.54, 1.807) is 0 Å². The molecular formula is C7H5BrClF2NO. The number of nitrogens with zero attached hydrogens (tertiary/aromatic N) is 1. The van der Waals surface area contributed by atoms with Gasteiger partial charge in [0.05, 0.1) is 11.6 Å². The normalized spacial score (nSPS) is 10.9. The molecule has 13 heavy (non-hydrogen) atoms. The van der Waals surface area contributed by atoms with Crippen LogP contribution in [0.25, 0.3) is 0 Å². The summed E-state index contributed by atoms with van der Waals surface area (Å²) in [5.41, 5.74) is -0.512. The second kappa shape index (κ2) is 4.30. The van der Waals surface area contributed by atoms with Gasteiger partial charge in [-0.15, -0.1) is 0 Å². The van der Waals surface area contributed by atoms with E-state index in [9.17, 15) is 8.78 Å². The third-order valence-corrected chi connectivity index (χ3v) is 2.18. The number of aromatic nitrogens is 1. The minimum absolute atomic E-state index is 0.0279. The Morgan fingerprint density at radius 3 is 2.69 bits per heavy atom. The summed E-state index contributed by atoms with van der Waals surface area (Å²) >= 11 is 8.55. The van der Waals surface area contributed by atoms with Crippen molar-refractivity contribution in [1.29, 1.82) is 0 Å². The van der Waals surface area contributed by atoms with Crippen LogP contribution in [0.2, 0.25) is 5.02 Å². The van der Waals surface area contributed by atoms with Crippen molar-refractivity contribution in [2.75, 3.05) is 0 Å². The molecule has 0 bridgehead atoms. The monoisotopic (exact) mass is 271 g/mol. The predicted molar refractivity (Wildman–Crippen MR) is 47.8 cm³/mol. The highest BCUT2D eigenvalue weighted by Crippen LogP contribution is 2.29. The Morgan fingerprint density at radius 1 is 1.62 bits per heavy atom. The Bertz CT molecular complexity index is 322. The van der Waals surface area contributed by atoms with Crippen molar-refractivity contribution in [3.05, 3.63) is 26.9 Å². The van der Waals surface area contributed by atoms with Gasteiger partial charge in [0.2, 0.25) is 0 Å². The van der Waals surface area contributed by atoms with Crippen LogP contribution in [0.1, 0.15) is 17.7 Å². The van der Waals surface area contributed by atoms with Crippen molar-refractivity contribution in [3.8, 4) is 0 Å². The SMILES string of the molecule is OCc1c(Cl)cc(Br)nc1C(F)F.